The van der Waals surface area contributed by atoms with E-state index in [9.17, 15) is 0 Å². The maximum Gasteiger partial charge on any atom is 0.142 e. The van der Waals surface area contributed by atoms with Gasteiger partial charge in [-0.3, -0.25) is 0 Å². The van der Waals surface area contributed by atoms with Gasteiger partial charge in [0.15, 0.2) is 0 Å². The molecule has 0 spiro atoms. The summed E-state index contributed by atoms with van der Waals surface area (Å²) < 4.78 is 0.967. The molecule has 0 aliphatic heterocycles. The molecular formula is C7H11BrClN3. The molecule has 2 N–H and O–H groups in total. The van der Waals surface area contributed by atoms with Gasteiger partial charge in [0, 0.05) is 0 Å². The van der Waals surface area contributed by atoms with Crippen molar-refractivity contribution in [2.45, 2.75) is 20.4 Å². The average Bonchev–Trinajstić information content (AvgIpc) is 1.99. The predicted molar refractivity (Wildman–Crippen MR) is 54.3 cm³/mol. The Morgan fingerprint density at radius 1 is 1.25 bits per heavy atom. The third-order valence-electron chi connectivity index (χ3n) is 1.41. The van der Waals surface area contributed by atoms with Crippen molar-refractivity contribution in [1.82, 2.24) is 9.97 Å². The number of nitrogens with zero attached hydrogens (tertiary/aromatic N) is 2. The monoisotopic (exact) mass is 251 g/mol. The maximum atomic E-state index is 5.40. The van der Waals surface area contributed by atoms with Gasteiger partial charge in [-0.2, -0.15) is 0 Å². The summed E-state index contributed by atoms with van der Waals surface area (Å²) in [6, 6.07) is 0. The molecular weight excluding hydrogens is 241 g/mol. The minimum Gasteiger partial charge on any atom is -0.324 e. The minimum absolute atomic E-state index is 0. The highest BCUT2D eigenvalue weighted by Gasteiger charge is 2.03. The summed E-state index contributed by atoms with van der Waals surface area (Å²) in [5.41, 5.74) is 7.28. The van der Waals surface area contributed by atoms with Gasteiger partial charge in [-0.05, 0) is 29.8 Å². The molecule has 0 aliphatic rings. The van der Waals surface area contributed by atoms with Crippen LogP contribution in [0.5, 0.6) is 0 Å². The van der Waals surface area contributed by atoms with E-state index >= 15 is 0 Å². The van der Waals surface area contributed by atoms with Crippen LogP contribution in [0.15, 0.2) is 4.47 Å². The van der Waals surface area contributed by atoms with Crippen molar-refractivity contribution in [1.29, 1.82) is 0 Å². The lowest BCUT2D eigenvalue weighted by molar-refractivity contribution is 0.866. The number of hydrogen-bond acceptors (Lipinski definition) is 3. The molecule has 0 bridgehead atoms. The smallest absolute Gasteiger partial charge is 0.142 e. The Morgan fingerprint density at radius 2 is 1.67 bits per heavy atom. The van der Waals surface area contributed by atoms with E-state index < -0.39 is 0 Å². The summed E-state index contributed by atoms with van der Waals surface area (Å²) in [5, 5.41) is 0. The maximum absolute atomic E-state index is 5.40. The molecule has 1 rings (SSSR count). The number of hydrogen-bond donors (Lipinski definition) is 1. The Kier molecular flexibility index (Phi) is 4.67. The number of aryl methyl sites for hydroxylation is 2. The van der Waals surface area contributed by atoms with E-state index in [0.717, 1.165) is 15.9 Å². The standard InChI is InChI=1S/C7H10BrN3.ClH/c1-4-7(8)5(2)11-6(3-9)10-4;/h3,9H2,1-2H3;1H. The summed E-state index contributed by atoms with van der Waals surface area (Å²) >= 11 is 3.38. The Morgan fingerprint density at radius 3 is 2.00 bits per heavy atom. The van der Waals surface area contributed by atoms with E-state index in [1.54, 1.807) is 0 Å². The first-order chi connectivity index (χ1) is 5.15. The van der Waals surface area contributed by atoms with Crippen molar-refractivity contribution >= 4 is 28.3 Å². The molecule has 0 aromatic carbocycles. The van der Waals surface area contributed by atoms with Crippen LogP contribution in [0.3, 0.4) is 0 Å². The molecule has 0 saturated heterocycles. The van der Waals surface area contributed by atoms with E-state index in [1.807, 2.05) is 13.8 Å². The molecule has 0 unspecified atom stereocenters. The summed E-state index contributed by atoms with van der Waals surface area (Å²) in [7, 11) is 0. The van der Waals surface area contributed by atoms with Gasteiger partial charge in [-0.1, -0.05) is 0 Å². The molecule has 1 heterocycles. The van der Waals surface area contributed by atoms with E-state index in [2.05, 4.69) is 25.9 Å². The van der Waals surface area contributed by atoms with Gasteiger partial charge in [0.05, 0.1) is 22.4 Å². The molecule has 3 nitrogen and oxygen atoms in total. The molecule has 0 fully saturated rings. The van der Waals surface area contributed by atoms with Crippen LogP contribution in [-0.2, 0) is 6.54 Å². The topological polar surface area (TPSA) is 51.8 Å². The normalized spacial score (nSPS) is 9.33. The molecule has 68 valence electrons. The highest BCUT2D eigenvalue weighted by molar-refractivity contribution is 9.10. The third kappa shape index (κ3) is 2.40. The average molecular weight is 253 g/mol. The molecule has 0 radical (unpaired) electrons. The number of nitrogens with two attached hydrogens (primary N) is 1. The fourth-order valence-corrected chi connectivity index (χ4v) is 1.04. The van der Waals surface area contributed by atoms with Crippen LogP contribution in [0, 0.1) is 13.8 Å². The van der Waals surface area contributed by atoms with Gasteiger partial charge >= 0.3 is 0 Å². The van der Waals surface area contributed by atoms with Crippen LogP contribution in [0.25, 0.3) is 0 Å². The summed E-state index contributed by atoms with van der Waals surface area (Å²) in [4.78, 5) is 8.34. The van der Waals surface area contributed by atoms with Crippen LogP contribution in [0.4, 0.5) is 0 Å². The van der Waals surface area contributed by atoms with Gasteiger partial charge < -0.3 is 5.73 Å². The first kappa shape index (κ1) is 11.8. The molecule has 0 aliphatic carbocycles. The molecule has 5 heteroatoms. The first-order valence-electron chi connectivity index (χ1n) is 3.35. The summed E-state index contributed by atoms with van der Waals surface area (Å²) in [6.45, 7) is 4.25. The lowest BCUT2D eigenvalue weighted by Crippen LogP contribution is -2.06. The van der Waals surface area contributed by atoms with Crippen LogP contribution < -0.4 is 5.73 Å². The van der Waals surface area contributed by atoms with Crippen molar-refractivity contribution in [3.05, 3.63) is 21.7 Å². The van der Waals surface area contributed by atoms with Crippen LogP contribution in [0.1, 0.15) is 17.2 Å². The van der Waals surface area contributed by atoms with E-state index in [1.165, 1.54) is 0 Å². The van der Waals surface area contributed by atoms with E-state index in [4.69, 9.17) is 5.73 Å². The molecule has 0 amide bonds. The van der Waals surface area contributed by atoms with Gasteiger partial charge in [-0.25, -0.2) is 9.97 Å². The second-order valence-corrected chi connectivity index (χ2v) is 3.12. The van der Waals surface area contributed by atoms with Crippen molar-refractivity contribution in [3.63, 3.8) is 0 Å². The highest BCUT2D eigenvalue weighted by atomic mass is 79.9. The number of rotatable bonds is 1. The largest absolute Gasteiger partial charge is 0.324 e. The zero-order valence-corrected chi connectivity index (χ0v) is 9.37. The first-order valence-corrected chi connectivity index (χ1v) is 4.14. The molecule has 1 aromatic heterocycles. The lowest BCUT2D eigenvalue weighted by atomic mass is 10.3. The van der Waals surface area contributed by atoms with Crippen LogP contribution in [0.2, 0.25) is 0 Å². The minimum atomic E-state index is 0. The molecule has 0 atom stereocenters. The van der Waals surface area contributed by atoms with Gasteiger partial charge in [0.2, 0.25) is 0 Å². The molecule has 0 saturated carbocycles. The SMILES string of the molecule is Cc1nc(CN)nc(C)c1Br.Cl. The second kappa shape index (κ2) is 4.74. The summed E-state index contributed by atoms with van der Waals surface area (Å²) in [5.74, 6) is 0.697. The van der Waals surface area contributed by atoms with E-state index in [-0.39, 0.29) is 12.4 Å². The Balaban J connectivity index is 0.00000121. The summed E-state index contributed by atoms with van der Waals surface area (Å²) in [6.07, 6.45) is 0. The van der Waals surface area contributed by atoms with Gasteiger partial charge in [0.1, 0.15) is 5.82 Å². The van der Waals surface area contributed by atoms with Crippen molar-refractivity contribution in [3.8, 4) is 0 Å². The fourth-order valence-electron chi connectivity index (χ4n) is 0.863. The predicted octanol–water partition coefficient (Wildman–Crippen LogP) is 1.74. The lowest BCUT2D eigenvalue weighted by Gasteiger charge is -2.03. The van der Waals surface area contributed by atoms with Crippen LogP contribution >= 0.6 is 28.3 Å². The zero-order chi connectivity index (χ0) is 8.43. The van der Waals surface area contributed by atoms with Crippen molar-refractivity contribution < 1.29 is 0 Å². The quantitative estimate of drug-likeness (QED) is 0.828. The number of aromatic nitrogens is 2. The highest BCUT2D eigenvalue weighted by Crippen LogP contribution is 2.16. The Bertz CT molecular complexity index is 254. The zero-order valence-electron chi connectivity index (χ0n) is 6.97. The Labute approximate surface area is 86.3 Å². The van der Waals surface area contributed by atoms with Crippen molar-refractivity contribution in [2.24, 2.45) is 5.73 Å². The van der Waals surface area contributed by atoms with Gasteiger partial charge in [0.25, 0.3) is 0 Å². The molecule has 1 aromatic rings. The number of halogens is 2. The molecule has 12 heavy (non-hydrogen) atoms. The van der Waals surface area contributed by atoms with Crippen molar-refractivity contribution in [2.75, 3.05) is 0 Å². The van der Waals surface area contributed by atoms with Gasteiger partial charge in [-0.15, -0.1) is 12.4 Å². The fraction of sp³-hybridized carbons (Fsp3) is 0.429. The third-order valence-corrected chi connectivity index (χ3v) is 2.56. The second-order valence-electron chi connectivity index (χ2n) is 2.33. The van der Waals surface area contributed by atoms with E-state index in [0.29, 0.717) is 12.4 Å². The van der Waals surface area contributed by atoms with Crippen LogP contribution in [-0.4, -0.2) is 9.97 Å². The Hall–Kier alpha value is -0.190.